The van der Waals surface area contributed by atoms with Gasteiger partial charge in [-0.1, -0.05) is 41.7 Å². The molecule has 148 valence electrons. The highest BCUT2D eigenvalue weighted by Gasteiger charge is 2.27. The first-order valence-electron chi connectivity index (χ1n) is 9.61. The van der Waals surface area contributed by atoms with Crippen LogP contribution in [0.3, 0.4) is 0 Å². The minimum atomic E-state index is -0.0156. The fourth-order valence-electron chi connectivity index (χ4n) is 3.59. The number of ether oxygens (including phenoxy) is 2. The van der Waals surface area contributed by atoms with Crippen molar-refractivity contribution >= 4 is 28.1 Å². The Balaban J connectivity index is 1.18. The van der Waals surface area contributed by atoms with E-state index in [1.165, 1.54) is 0 Å². The van der Waals surface area contributed by atoms with Gasteiger partial charge in [0, 0.05) is 36.3 Å². The van der Waals surface area contributed by atoms with Gasteiger partial charge in [-0.05, 0) is 25.0 Å². The topological polar surface area (TPSA) is 76.6 Å². The number of nitrogens with zero attached hydrogens (tertiary/aromatic N) is 3. The minimum Gasteiger partial charge on any atom is -0.454 e. The molecule has 8 heteroatoms. The second kappa shape index (κ2) is 7.71. The molecule has 1 N–H and O–H groups in total. The number of piperidine rings is 1. The number of amides is 1. The third-order valence-corrected chi connectivity index (χ3v) is 6.24. The van der Waals surface area contributed by atoms with Gasteiger partial charge in [0.2, 0.25) is 17.8 Å². The molecule has 0 radical (unpaired) electrons. The molecule has 0 bridgehead atoms. The molecule has 1 amide bonds. The van der Waals surface area contributed by atoms with Crippen molar-refractivity contribution in [3.05, 3.63) is 48.5 Å². The van der Waals surface area contributed by atoms with Crippen LogP contribution in [0.5, 0.6) is 11.5 Å². The summed E-state index contributed by atoms with van der Waals surface area (Å²) in [5.74, 6) is 1.41. The van der Waals surface area contributed by atoms with Crippen LogP contribution in [0, 0.1) is 5.92 Å². The number of aromatic nitrogens is 2. The molecular weight excluding hydrogens is 388 g/mol. The highest BCUT2D eigenvalue weighted by molar-refractivity contribution is 7.18. The van der Waals surface area contributed by atoms with E-state index in [1.807, 2.05) is 48.5 Å². The fraction of sp³-hybridized carbons (Fsp3) is 0.286. The molecule has 3 heterocycles. The smallest absolute Gasteiger partial charge is 0.231 e. The van der Waals surface area contributed by atoms with Gasteiger partial charge in [-0.25, -0.2) is 0 Å². The van der Waals surface area contributed by atoms with Crippen molar-refractivity contribution in [2.45, 2.75) is 12.8 Å². The van der Waals surface area contributed by atoms with Gasteiger partial charge in [0.25, 0.3) is 0 Å². The first-order valence-corrected chi connectivity index (χ1v) is 10.4. The van der Waals surface area contributed by atoms with E-state index >= 15 is 0 Å². The van der Waals surface area contributed by atoms with Crippen molar-refractivity contribution < 1.29 is 14.3 Å². The standard InChI is InChI=1S/C21H20N4O3S/c26-19(22-16-6-7-17-18(12-16)28-13-27-17)14-8-10-25(11-9-14)21-24-23-20(29-21)15-4-2-1-3-5-15/h1-7,12,14H,8-11,13H2,(H,22,26). The molecule has 3 aromatic rings. The van der Waals surface area contributed by atoms with E-state index in [4.69, 9.17) is 9.47 Å². The molecular formula is C21H20N4O3S. The zero-order chi connectivity index (χ0) is 19.6. The summed E-state index contributed by atoms with van der Waals surface area (Å²) in [6.45, 7) is 1.81. The molecule has 7 nitrogen and oxygen atoms in total. The first-order chi connectivity index (χ1) is 14.3. The third kappa shape index (κ3) is 3.75. The van der Waals surface area contributed by atoms with Gasteiger partial charge in [-0.2, -0.15) is 0 Å². The highest BCUT2D eigenvalue weighted by atomic mass is 32.1. The Morgan fingerprint density at radius 3 is 2.66 bits per heavy atom. The molecule has 0 atom stereocenters. The van der Waals surface area contributed by atoms with Gasteiger partial charge in [0.15, 0.2) is 11.5 Å². The van der Waals surface area contributed by atoms with Crippen molar-refractivity contribution in [1.29, 1.82) is 0 Å². The Morgan fingerprint density at radius 2 is 1.83 bits per heavy atom. The molecule has 0 spiro atoms. The molecule has 2 aliphatic heterocycles. The summed E-state index contributed by atoms with van der Waals surface area (Å²) in [4.78, 5) is 14.9. The quantitative estimate of drug-likeness (QED) is 0.708. The van der Waals surface area contributed by atoms with Crippen molar-refractivity contribution in [3.8, 4) is 22.1 Å². The van der Waals surface area contributed by atoms with Crippen LogP contribution in [-0.4, -0.2) is 36.0 Å². The average molecular weight is 408 g/mol. The van der Waals surface area contributed by atoms with Crippen molar-refractivity contribution in [3.63, 3.8) is 0 Å². The normalized spacial score (nSPS) is 16.1. The van der Waals surface area contributed by atoms with Crippen molar-refractivity contribution in [2.75, 3.05) is 30.1 Å². The second-order valence-electron chi connectivity index (χ2n) is 7.07. The summed E-state index contributed by atoms with van der Waals surface area (Å²) in [5, 5.41) is 13.5. The molecule has 0 saturated carbocycles. The molecule has 1 fully saturated rings. The first kappa shape index (κ1) is 17.9. The van der Waals surface area contributed by atoms with Gasteiger partial charge in [-0.3, -0.25) is 4.79 Å². The number of fused-ring (bicyclic) bond motifs is 1. The van der Waals surface area contributed by atoms with Gasteiger partial charge < -0.3 is 19.7 Å². The number of carbonyl (C=O) groups excluding carboxylic acids is 1. The highest BCUT2D eigenvalue weighted by Crippen LogP contribution is 2.35. The molecule has 0 aliphatic carbocycles. The van der Waals surface area contributed by atoms with Crippen LogP contribution in [-0.2, 0) is 4.79 Å². The summed E-state index contributed by atoms with van der Waals surface area (Å²) in [6, 6.07) is 15.5. The Morgan fingerprint density at radius 1 is 1.03 bits per heavy atom. The van der Waals surface area contributed by atoms with E-state index in [0.717, 1.165) is 47.3 Å². The Labute approximate surface area is 172 Å². The maximum absolute atomic E-state index is 12.7. The largest absolute Gasteiger partial charge is 0.454 e. The van der Waals surface area contributed by atoms with E-state index in [0.29, 0.717) is 11.5 Å². The maximum atomic E-state index is 12.7. The zero-order valence-electron chi connectivity index (χ0n) is 15.7. The Bertz CT molecular complexity index is 1020. The molecule has 5 rings (SSSR count). The third-order valence-electron chi connectivity index (χ3n) is 5.21. The summed E-state index contributed by atoms with van der Waals surface area (Å²) < 4.78 is 10.7. The number of anilines is 2. The van der Waals surface area contributed by atoms with Crippen LogP contribution in [0.25, 0.3) is 10.6 Å². The van der Waals surface area contributed by atoms with Crippen molar-refractivity contribution in [2.24, 2.45) is 5.92 Å². The van der Waals surface area contributed by atoms with Crippen LogP contribution >= 0.6 is 11.3 Å². The summed E-state index contributed by atoms with van der Waals surface area (Å²) in [6.07, 6.45) is 1.58. The van der Waals surface area contributed by atoms with Gasteiger partial charge >= 0.3 is 0 Å². The number of rotatable bonds is 4. The molecule has 1 saturated heterocycles. The fourth-order valence-corrected chi connectivity index (χ4v) is 4.49. The lowest BCUT2D eigenvalue weighted by molar-refractivity contribution is -0.120. The SMILES string of the molecule is O=C(Nc1ccc2c(c1)OCO2)C1CCN(c2nnc(-c3ccccc3)s2)CC1. The van der Waals surface area contributed by atoms with Gasteiger partial charge in [0.1, 0.15) is 5.01 Å². The zero-order valence-corrected chi connectivity index (χ0v) is 16.5. The van der Waals surface area contributed by atoms with E-state index in [1.54, 1.807) is 11.3 Å². The number of hydrogen-bond acceptors (Lipinski definition) is 7. The second-order valence-corrected chi connectivity index (χ2v) is 8.03. The number of hydrogen-bond donors (Lipinski definition) is 1. The van der Waals surface area contributed by atoms with E-state index in [-0.39, 0.29) is 18.6 Å². The number of benzene rings is 2. The Kier molecular flexibility index (Phi) is 4.77. The van der Waals surface area contributed by atoms with E-state index in [2.05, 4.69) is 20.4 Å². The lowest BCUT2D eigenvalue weighted by Crippen LogP contribution is -2.38. The minimum absolute atomic E-state index is 0.0156. The number of carbonyl (C=O) groups is 1. The van der Waals surface area contributed by atoms with Crippen LogP contribution in [0.1, 0.15) is 12.8 Å². The number of nitrogens with one attached hydrogen (secondary N) is 1. The predicted molar refractivity (Wildman–Crippen MR) is 111 cm³/mol. The predicted octanol–water partition coefficient (Wildman–Crippen LogP) is 3.79. The molecule has 2 aliphatic rings. The lowest BCUT2D eigenvalue weighted by atomic mass is 9.96. The van der Waals surface area contributed by atoms with Crippen LogP contribution in [0.15, 0.2) is 48.5 Å². The Hall–Kier alpha value is -3.13. The molecule has 0 unspecified atom stereocenters. The summed E-state index contributed by atoms with van der Waals surface area (Å²) >= 11 is 1.59. The average Bonchev–Trinajstić information content (AvgIpc) is 3.44. The summed E-state index contributed by atoms with van der Waals surface area (Å²) in [7, 11) is 0. The van der Waals surface area contributed by atoms with Gasteiger partial charge in [0.05, 0.1) is 0 Å². The molecule has 29 heavy (non-hydrogen) atoms. The van der Waals surface area contributed by atoms with Crippen LogP contribution < -0.4 is 19.7 Å². The molecule has 1 aromatic heterocycles. The molecule has 2 aromatic carbocycles. The van der Waals surface area contributed by atoms with E-state index in [9.17, 15) is 4.79 Å². The lowest BCUT2D eigenvalue weighted by Gasteiger charge is -2.30. The maximum Gasteiger partial charge on any atom is 0.231 e. The van der Waals surface area contributed by atoms with Crippen LogP contribution in [0.4, 0.5) is 10.8 Å². The summed E-state index contributed by atoms with van der Waals surface area (Å²) in [5.41, 5.74) is 1.81. The van der Waals surface area contributed by atoms with Crippen LogP contribution in [0.2, 0.25) is 0 Å². The monoisotopic (exact) mass is 408 g/mol. The van der Waals surface area contributed by atoms with Crippen molar-refractivity contribution in [1.82, 2.24) is 10.2 Å². The van der Waals surface area contributed by atoms with Gasteiger partial charge in [-0.15, -0.1) is 10.2 Å². The van der Waals surface area contributed by atoms with E-state index < -0.39 is 0 Å².